The number of alkyl halides is 3. The Labute approximate surface area is 139 Å². The second kappa shape index (κ2) is 6.73. The molecule has 24 heavy (non-hydrogen) atoms. The number of hydrogen-bond donors (Lipinski definition) is 1. The molecule has 1 aromatic heterocycles. The van der Waals surface area contributed by atoms with Crippen molar-refractivity contribution in [2.45, 2.75) is 25.7 Å². The lowest BCUT2D eigenvalue weighted by molar-refractivity contribution is -0.142. The van der Waals surface area contributed by atoms with Crippen molar-refractivity contribution in [1.29, 1.82) is 0 Å². The first-order valence-electron chi connectivity index (χ1n) is 6.68. The summed E-state index contributed by atoms with van der Waals surface area (Å²) in [5.74, 6) is -1.00. The minimum atomic E-state index is -4.65. The van der Waals surface area contributed by atoms with Crippen molar-refractivity contribution in [2.75, 3.05) is 7.05 Å². The number of nitrogens with zero attached hydrogens (tertiary/aromatic N) is 5. The van der Waals surface area contributed by atoms with Gasteiger partial charge in [-0.2, -0.15) is 17.9 Å². The lowest BCUT2D eigenvalue weighted by atomic mass is 10.1. The number of carbonyl (C=O) groups is 1. The second-order valence-corrected chi connectivity index (χ2v) is 5.53. The number of tetrazole rings is 1. The van der Waals surface area contributed by atoms with E-state index in [4.69, 9.17) is 16.7 Å². The zero-order valence-corrected chi connectivity index (χ0v) is 13.4. The van der Waals surface area contributed by atoms with Crippen LogP contribution >= 0.6 is 11.6 Å². The molecule has 2 rings (SSSR count). The summed E-state index contributed by atoms with van der Waals surface area (Å²) in [4.78, 5) is 12.4. The van der Waals surface area contributed by atoms with Gasteiger partial charge in [0.05, 0.1) is 17.8 Å². The van der Waals surface area contributed by atoms with E-state index in [-0.39, 0.29) is 23.1 Å². The van der Waals surface area contributed by atoms with Crippen LogP contribution in [0.2, 0.25) is 5.02 Å². The first kappa shape index (κ1) is 18.1. The Kier molecular flexibility index (Phi) is 5.09. The van der Waals surface area contributed by atoms with Crippen molar-refractivity contribution in [1.82, 2.24) is 25.1 Å². The first-order chi connectivity index (χ1) is 11.1. The smallest absolute Gasteiger partial charge is 0.418 e. The number of aromatic nitrogens is 4. The molecular formula is C13H13ClF3N5O2. The fourth-order valence-electron chi connectivity index (χ4n) is 1.96. The Bertz CT molecular complexity index is 749. The third-order valence-electron chi connectivity index (χ3n) is 3.44. The van der Waals surface area contributed by atoms with E-state index in [0.717, 1.165) is 16.8 Å². The van der Waals surface area contributed by atoms with Gasteiger partial charge in [-0.3, -0.25) is 9.69 Å². The molecule has 0 unspecified atom stereocenters. The molecule has 0 saturated heterocycles. The number of rotatable bonds is 5. The largest absolute Gasteiger partial charge is 0.480 e. The average Bonchev–Trinajstić information content (AvgIpc) is 2.93. The number of carboxylic acids is 1. The van der Waals surface area contributed by atoms with Crippen LogP contribution in [0.1, 0.15) is 18.3 Å². The van der Waals surface area contributed by atoms with Gasteiger partial charge in [0.25, 0.3) is 0 Å². The molecule has 0 radical (unpaired) electrons. The second-order valence-electron chi connectivity index (χ2n) is 5.10. The molecule has 2 aromatic rings. The summed E-state index contributed by atoms with van der Waals surface area (Å²) >= 11 is 5.65. The van der Waals surface area contributed by atoms with Crippen LogP contribution < -0.4 is 0 Å². The zero-order valence-electron chi connectivity index (χ0n) is 12.6. The van der Waals surface area contributed by atoms with E-state index in [1.807, 2.05) is 0 Å². The number of benzene rings is 1. The van der Waals surface area contributed by atoms with Gasteiger partial charge in [-0.25, -0.2) is 0 Å². The SMILES string of the molecule is C[C@@H](C(=O)O)N(C)Cc1nnnn1-c1ccc(Cl)cc1C(F)(F)F. The van der Waals surface area contributed by atoms with Gasteiger partial charge in [0.1, 0.15) is 6.04 Å². The Morgan fingerprint density at radius 1 is 1.46 bits per heavy atom. The highest BCUT2D eigenvalue weighted by molar-refractivity contribution is 6.30. The van der Waals surface area contributed by atoms with Gasteiger partial charge < -0.3 is 5.11 Å². The lowest BCUT2D eigenvalue weighted by Crippen LogP contribution is -2.36. The quantitative estimate of drug-likeness (QED) is 0.877. The van der Waals surface area contributed by atoms with Gasteiger partial charge in [0.15, 0.2) is 5.82 Å². The molecule has 0 fully saturated rings. The Morgan fingerprint density at radius 2 is 2.12 bits per heavy atom. The highest BCUT2D eigenvalue weighted by Crippen LogP contribution is 2.35. The third kappa shape index (κ3) is 3.82. The molecule has 0 aliphatic carbocycles. The standard InChI is InChI=1S/C13H13ClF3N5O2/c1-7(12(23)24)21(2)6-11-18-19-20-22(11)10-4-3-8(14)5-9(10)13(15,16)17/h3-5,7H,6H2,1-2H3,(H,23,24)/t7-/m0/s1. The predicted octanol–water partition coefficient (Wildman–Crippen LogP) is 2.24. The highest BCUT2D eigenvalue weighted by Gasteiger charge is 2.35. The normalized spacial score (nSPS) is 13.3. The lowest BCUT2D eigenvalue weighted by Gasteiger charge is -2.20. The van der Waals surface area contributed by atoms with Gasteiger partial charge in [0.2, 0.25) is 0 Å². The molecule has 0 spiro atoms. The summed E-state index contributed by atoms with van der Waals surface area (Å²) in [6.07, 6.45) is -4.65. The molecule has 130 valence electrons. The zero-order chi connectivity index (χ0) is 18.1. The summed E-state index contributed by atoms with van der Waals surface area (Å²) in [6, 6.07) is 2.38. The Morgan fingerprint density at radius 3 is 2.71 bits per heavy atom. The van der Waals surface area contributed by atoms with Gasteiger partial charge in [-0.05, 0) is 42.6 Å². The van der Waals surface area contributed by atoms with Gasteiger partial charge >= 0.3 is 12.1 Å². The molecule has 0 aliphatic rings. The van der Waals surface area contributed by atoms with Crippen LogP contribution in [-0.2, 0) is 17.5 Å². The van der Waals surface area contributed by atoms with Crippen molar-refractivity contribution in [3.8, 4) is 5.69 Å². The number of aliphatic carboxylic acids is 1. The van der Waals surface area contributed by atoms with E-state index in [0.29, 0.717) is 0 Å². The predicted molar refractivity (Wildman–Crippen MR) is 77.7 cm³/mol. The number of hydrogen-bond acceptors (Lipinski definition) is 5. The van der Waals surface area contributed by atoms with E-state index in [1.165, 1.54) is 24.9 Å². The summed E-state index contributed by atoms with van der Waals surface area (Å²) in [6.45, 7) is 1.39. The van der Waals surface area contributed by atoms with Crippen molar-refractivity contribution in [3.05, 3.63) is 34.6 Å². The van der Waals surface area contributed by atoms with E-state index in [2.05, 4.69) is 15.5 Å². The molecule has 1 atom stereocenters. The molecule has 1 N–H and O–H groups in total. The van der Waals surface area contributed by atoms with E-state index < -0.39 is 23.8 Å². The van der Waals surface area contributed by atoms with E-state index in [1.54, 1.807) is 0 Å². The third-order valence-corrected chi connectivity index (χ3v) is 3.67. The summed E-state index contributed by atoms with van der Waals surface area (Å²) < 4.78 is 40.6. The van der Waals surface area contributed by atoms with Crippen molar-refractivity contribution in [3.63, 3.8) is 0 Å². The molecule has 0 saturated carbocycles. The molecule has 1 aromatic carbocycles. The highest BCUT2D eigenvalue weighted by atomic mass is 35.5. The van der Waals surface area contributed by atoms with Crippen LogP contribution in [-0.4, -0.2) is 49.3 Å². The molecule has 0 amide bonds. The maximum Gasteiger partial charge on any atom is 0.418 e. The Hall–Kier alpha value is -2.20. The van der Waals surface area contributed by atoms with Gasteiger partial charge in [-0.1, -0.05) is 11.6 Å². The fraction of sp³-hybridized carbons (Fsp3) is 0.385. The molecule has 0 aliphatic heterocycles. The summed E-state index contributed by atoms with van der Waals surface area (Å²) in [5.41, 5.74) is -1.28. The molecular weight excluding hydrogens is 351 g/mol. The molecule has 1 heterocycles. The maximum absolute atomic E-state index is 13.2. The van der Waals surface area contributed by atoms with Gasteiger partial charge in [0, 0.05) is 5.02 Å². The molecule has 11 heteroatoms. The van der Waals surface area contributed by atoms with Gasteiger partial charge in [-0.15, -0.1) is 5.10 Å². The monoisotopic (exact) mass is 363 g/mol. The average molecular weight is 364 g/mol. The van der Waals surface area contributed by atoms with Crippen LogP contribution in [0.5, 0.6) is 0 Å². The van der Waals surface area contributed by atoms with Crippen molar-refractivity contribution >= 4 is 17.6 Å². The number of halogens is 4. The van der Waals surface area contributed by atoms with Crippen LogP contribution in [0.15, 0.2) is 18.2 Å². The van der Waals surface area contributed by atoms with Crippen LogP contribution in [0.4, 0.5) is 13.2 Å². The maximum atomic E-state index is 13.2. The van der Waals surface area contributed by atoms with Crippen LogP contribution in [0, 0.1) is 0 Å². The number of likely N-dealkylation sites (N-methyl/N-ethyl adjacent to an activating group) is 1. The Balaban J connectivity index is 2.43. The fourth-order valence-corrected chi connectivity index (χ4v) is 2.13. The minimum absolute atomic E-state index is 0.0552. The summed E-state index contributed by atoms with van der Waals surface area (Å²) in [5, 5.41) is 19.6. The minimum Gasteiger partial charge on any atom is -0.480 e. The topological polar surface area (TPSA) is 84.1 Å². The number of carboxylic acid groups (broad SMARTS) is 1. The van der Waals surface area contributed by atoms with Crippen LogP contribution in [0.3, 0.4) is 0 Å². The summed E-state index contributed by atoms with van der Waals surface area (Å²) in [7, 11) is 1.50. The van der Waals surface area contributed by atoms with E-state index in [9.17, 15) is 18.0 Å². The van der Waals surface area contributed by atoms with E-state index >= 15 is 0 Å². The van der Waals surface area contributed by atoms with Crippen molar-refractivity contribution < 1.29 is 23.1 Å². The molecule has 7 nitrogen and oxygen atoms in total. The van der Waals surface area contributed by atoms with Crippen LogP contribution in [0.25, 0.3) is 5.69 Å². The molecule has 0 bridgehead atoms. The first-order valence-corrected chi connectivity index (χ1v) is 7.06. The van der Waals surface area contributed by atoms with Crippen molar-refractivity contribution in [2.24, 2.45) is 0 Å².